The van der Waals surface area contributed by atoms with Crippen LogP contribution in [0.5, 0.6) is 0 Å². The topological polar surface area (TPSA) is 86.1 Å². The first kappa shape index (κ1) is 22.2. The number of anilines is 1. The molecule has 1 saturated carbocycles. The SMILES string of the molecule is C=C(F)/C=C(\C=C\C#N)c1cc(NC2CCN(S(=O)(=O)C3CC3)CC2)c2cnccc2c1. The van der Waals surface area contributed by atoms with Crippen molar-refractivity contribution < 1.29 is 12.8 Å². The second-order valence-corrected chi connectivity index (χ2v) is 10.4. The fraction of sp³-hybridized carbons (Fsp3) is 0.333. The van der Waals surface area contributed by atoms with Crippen molar-refractivity contribution in [2.75, 3.05) is 18.4 Å². The second-order valence-electron chi connectivity index (χ2n) is 8.19. The van der Waals surface area contributed by atoms with Crippen molar-refractivity contribution in [3.05, 3.63) is 66.8 Å². The number of rotatable bonds is 7. The smallest absolute Gasteiger partial charge is 0.216 e. The van der Waals surface area contributed by atoms with Crippen molar-refractivity contribution in [3.63, 3.8) is 0 Å². The van der Waals surface area contributed by atoms with Crippen LogP contribution in [-0.2, 0) is 10.0 Å². The van der Waals surface area contributed by atoms with E-state index in [9.17, 15) is 12.8 Å². The van der Waals surface area contributed by atoms with Gasteiger partial charge in [0.1, 0.15) is 5.83 Å². The number of nitrogens with zero attached hydrogens (tertiary/aromatic N) is 3. The van der Waals surface area contributed by atoms with Gasteiger partial charge in [-0.15, -0.1) is 0 Å². The van der Waals surface area contributed by atoms with Gasteiger partial charge in [0.15, 0.2) is 0 Å². The number of piperidine rings is 1. The van der Waals surface area contributed by atoms with Crippen LogP contribution >= 0.6 is 0 Å². The molecule has 2 aliphatic rings. The highest BCUT2D eigenvalue weighted by atomic mass is 32.2. The van der Waals surface area contributed by atoms with Gasteiger partial charge in [0, 0.05) is 48.7 Å². The van der Waals surface area contributed by atoms with Crippen LogP contribution in [-0.4, -0.2) is 42.1 Å². The van der Waals surface area contributed by atoms with Gasteiger partial charge in [0.2, 0.25) is 10.0 Å². The molecule has 4 rings (SSSR count). The first-order chi connectivity index (χ1) is 15.4. The maximum absolute atomic E-state index is 13.6. The van der Waals surface area contributed by atoms with Crippen molar-refractivity contribution >= 4 is 32.1 Å². The first-order valence-electron chi connectivity index (χ1n) is 10.6. The van der Waals surface area contributed by atoms with Crippen molar-refractivity contribution in [1.29, 1.82) is 5.26 Å². The van der Waals surface area contributed by atoms with E-state index in [0.717, 1.165) is 34.9 Å². The third kappa shape index (κ3) is 4.90. The lowest BCUT2D eigenvalue weighted by Crippen LogP contribution is -2.43. The monoisotopic (exact) mass is 452 g/mol. The maximum Gasteiger partial charge on any atom is 0.216 e. The molecule has 1 N–H and O–H groups in total. The highest BCUT2D eigenvalue weighted by Gasteiger charge is 2.41. The van der Waals surface area contributed by atoms with Crippen LogP contribution < -0.4 is 5.32 Å². The maximum atomic E-state index is 13.6. The summed E-state index contributed by atoms with van der Waals surface area (Å²) in [6, 6.07) is 7.75. The highest BCUT2D eigenvalue weighted by Crippen LogP contribution is 2.34. The van der Waals surface area contributed by atoms with Crippen LogP contribution in [0.4, 0.5) is 10.1 Å². The summed E-state index contributed by atoms with van der Waals surface area (Å²) in [4.78, 5) is 4.24. The molecule has 0 amide bonds. The molecule has 166 valence electrons. The number of sulfonamides is 1. The molecular formula is C24H25FN4O2S. The standard InChI is InChI=1S/C24H25FN4O2S/c1-17(25)13-18(3-2-9-26)20-14-19-6-10-27-16-23(19)24(15-20)28-21-7-11-29(12-8-21)32(30,31)22-4-5-22/h2-3,6,10,13-16,21-22,28H,1,4-5,7-8,11-12H2/b3-2+,18-13+. The van der Waals surface area contributed by atoms with Gasteiger partial charge < -0.3 is 5.32 Å². The van der Waals surface area contributed by atoms with E-state index in [2.05, 4.69) is 16.9 Å². The molecule has 0 spiro atoms. The van der Waals surface area contributed by atoms with Gasteiger partial charge in [-0.3, -0.25) is 4.98 Å². The number of pyridine rings is 1. The first-order valence-corrected chi connectivity index (χ1v) is 12.1. The summed E-state index contributed by atoms with van der Waals surface area (Å²) in [6.45, 7) is 4.32. The Kier molecular flexibility index (Phi) is 6.40. The van der Waals surface area contributed by atoms with E-state index in [-0.39, 0.29) is 11.3 Å². The quantitative estimate of drug-likeness (QED) is 0.492. The Morgan fingerprint density at radius 2 is 2.03 bits per heavy atom. The Morgan fingerprint density at radius 3 is 2.69 bits per heavy atom. The van der Waals surface area contributed by atoms with Crippen LogP contribution in [0.25, 0.3) is 16.3 Å². The Morgan fingerprint density at radius 1 is 1.28 bits per heavy atom. The van der Waals surface area contributed by atoms with Crippen LogP contribution in [0.15, 0.2) is 61.2 Å². The van der Waals surface area contributed by atoms with Gasteiger partial charge in [-0.1, -0.05) is 6.58 Å². The van der Waals surface area contributed by atoms with Crippen LogP contribution in [0, 0.1) is 11.3 Å². The molecule has 8 heteroatoms. The summed E-state index contributed by atoms with van der Waals surface area (Å²) in [5.41, 5.74) is 2.12. The molecule has 2 fully saturated rings. The molecule has 0 atom stereocenters. The average Bonchev–Trinajstić information content (AvgIpc) is 3.63. The number of hydrogen-bond acceptors (Lipinski definition) is 5. The van der Waals surface area contributed by atoms with Crippen molar-refractivity contribution in [2.24, 2.45) is 0 Å². The zero-order valence-electron chi connectivity index (χ0n) is 17.7. The summed E-state index contributed by atoms with van der Waals surface area (Å²) < 4.78 is 40.2. The van der Waals surface area contributed by atoms with Crippen molar-refractivity contribution in [3.8, 4) is 6.07 Å². The number of halogens is 1. The number of aromatic nitrogens is 1. The van der Waals surface area contributed by atoms with Gasteiger partial charge >= 0.3 is 0 Å². The molecule has 2 heterocycles. The van der Waals surface area contributed by atoms with E-state index in [0.29, 0.717) is 31.5 Å². The van der Waals surface area contributed by atoms with E-state index in [4.69, 9.17) is 5.26 Å². The van der Waals surface area contributed by atoms with Crippen LogP contribution in [0.1, 0.15) is 31.2 Å². The average molecular weight is 453 g/mol. The molecule has 32 heavy (non-hydrogen) atoms. The molecule has 0 bridgehead atoms. The molecule has 1 aliphatic carbocycles. The molecular weight excluding hydrogens is 427 g/mol. The Balaban J connectivity index is 1.60. The lowest BCUT2D eigenvalue weighted by Gasteiger charge is -2.32. The fourth-order valence-corrected chi connectivity index (χ4v) is 5.93. The van der Waals surface area contributed by atoms with E-state index in [1.807, 2.05) is 24.3 Å². The summed E-state index contributed by atoms with van der Waals surface area (Å²) in [5.74, 6) is -0.601. The van der Waals surface area contributed by atoms with E-state index >= 15 is 0 Å². The third-order valence-electron chi connectivity index (χ3n) is 5.86. The minimum absolute atomic E-state index is 0.109. The minimum Gasteiger partial charge on any atom is -0.382 e. The molecule has 1 aromatic heterocycles. The summed E-state index contributed by atoms with van der Waals surface area (Å²) >= 11 is 0. The normalized spacial score (nSPS) is 18.7. The van der Waals surface area contributed by atoms with Crippen molar-refractivity contribution in [2.45, 2.75) is 37.0 Å². The predicted octanol–water partition coefficient (Wildman–Crippen LogP) is 4.55. The van der Waals surface area contributed by atoms with Gasteiger partial charge in [-0.05, 0) is 72.6 Å². The predicted molar refractivity (Wildman–Crippen MR) is 125 cm³/mol. The number of hydrogen-bond donors (Lipinski definition) is 1. The number of nitriles is 1. The van der Waals surface area contributed by atoms with Crippen LogP contribution in [0.3, 0.4) is 0 Å². The van der Waals surface area contributed by atoms with E-state index in [1.54, 1.807) is 22.8 Å². The van der Waals surface area contributed by atoms with E-state index < -0.39 is 15.9 Å². The third-order valence-corrected chi connectivity index (χ3v) is 8.26. The summed E-state index contributed by atoms with van der Waals surface area (Å²) in [6.07, 6.45) is 10.6. The van der Waals surface area contributed by atoms with Crippen molar-refractivity contribution in [1.82, 2.24) is 9.29 Å². The number of nitrogens with one attached hydrogen (secondary N) is 1. The zero-order valence-corrected chi connectivity index (χ0v) is 18.5. The Hall–Kier alpha value is -3.02. The zero-order chi connectivity index (χ0) is 22.7. The highest BCUT2D eigenvalue weighted by molar-refractivity contribution is 7.90. The second kappa shape index (κ2) is 9.23. The number of allylic oxidation sites excluding steroid dienone is 5. The number of fused-ring (bicyclic) bond motifs is 1. The van der Waals surface area contributed by atoms with Gasteiger partial charge in [0.05, 0.1) is 11.3 Å². The molecule has 0 radical (unpaired) electrons. The Labute approximate surface area is 187 Å². The summed E-state index contributed by atoms with van der Waals surface area (Å²) in [7, 11) is -3.15. The molecule has 6 nitrogen and oxygen atoms in total. The lowest BCUT2D eigenvalue weighted by atomic mass is 9.98. The van der Waals surface area contributed by atoms with Gasteiger partial charge in [-0.2, -0.15) is 5.26 Å². The summed E-state index contributed by atoms with van der Waals surface area (Å²) in [5, 5.41) is 14.1. The molecule has 1 aliphatic heterocycles. The minimum atomic E-state index is -3.15. The molecule has 2 aromatic rings. The van der Waals surface area contributed by atoms with E-state index in [1.165, 1.54) is 12.2 Å². The largest absolute Gasteiger partial charge is 0.382 e. The van der Waals surface area contributed by atoms with Gasteiger partial charge in [0.25, 0.3) is 0 Å². The van der Waals surface area contributed by atoms with Crippen LogP contribution in [0.2, 0.25) is 0 Å². The fourth-order valence-electron chi connectivity index (χ4n) is 4.06. The molecule has 0 unspecified atom stereocenters. The molecule has 1 aromatic carbocycles. The number of benzene rings is 1. The molecule has 1 saturated heterocycles. The lowest BCUT2D eigenvalue weighted by molar-refractivity contribution is 0.329. The Bertz CT molecular complexity index is 1230. The van der Waals surface area contributed by atoms with Gasteiger partial charge in [-0.25, -0.2) is 17.1 Å².